The third-order valence-corrected chi connectivity index (χ3v) is 5.46. The molecule has 0 saturated carbocycles. The number of aromatic nitrogens is 4. The van der Waals surface area contributed by atoms with Crippen LogP contribution in [0.3, 0.4) is 0 Å². The second-order valence-corrected chi connectivity index (χ2v) is 8.00. The van der Waals surface area contributed by atoms with Crippen LogP contribution >= 0.6 is 15.9 Å². The highest BCUT2D eigenvalue weighted by molar-refractivity contribution is 9.10. The van der Waals surface area contributed by atoms with Crippen molar-refractivity contribution in [1.29, 1.82) is 0 Å². The molecule has 4 rings (SSSR count). The van der Waals surface area contributed by atoms with Crippen LogP contribution in [0, 0.1) is 0 Å². The zero-order valence-electron chi connectivity index (χ0n) is 15.0. The predicted molar refractivity (Wildman–Crippen MR) is 105 cm³/mol. The summed E-state index contributed by atoms with van der Waals surface area (Å²) in [5.74, 6) is 1.45. The molecule has 1 aliphatic heterocycles. The fraction of sp³-hybridized carbons (Fsp3) is 0.350. The van der Waals surface area contributed by atoms with Crippen LogP contribution in [-0.4, -0.2) is 31.7 Å². The molecule has 0 aliphatic carbocycles. The van der Waals surface area contributed by atoms with E-state index in [1.54, 1.807) is 0 Å². The molecule has 134 valence electrons. The summed E-state index contributed by atoms with van der Waals surface area (Å²) in [4.78, 5) is 2.46. The Morgan fingerprint density at radius 3 is 2.65 bits per heavy atom. The zero-order chi connectivity index (χ0) is 18.1. The fourth-order valence-electron chi connectivity index (χ4n) is 3.55. The van der Waals surface area contributed by atoms with Gasteiger partial charge in [0.2, 0.25) is 0 Å². The summed E-state index contributed by atoms with van der Waals surface area (Å²) in [6, 6.07) is 17.4. The number of nitrogens with zero attached hydrogens (tertiary/aromatic N) is 5. The van der Waals surface area contributed by atoms with E-state index >= 15 is 0 Å². The van der Waals surface area contributed by atoms with E-state index in [1.807, 2.05) is 4.68 Å². The molecule has 2 heterocycles. The minimum Gasteiger partial charge on any atom is -0.284 e. The van der Waals surface area contributed by atoms with Gasteiger partial charge in [-0.1, -0.05) is 66.2 Å². The first-order valence-corrected chi connectivity index (χ1v) is 9.75. The first kappa shape index (κ1) is 17.4. The molecular weight excluding hydrogens is 390 g/mol. The third kappa shape index (κ3) is 3.44. The summed E-state index contributed by atoms with van der Waals surface area (Å²) in [6.07, 6.45) is 0. The summed E-state index contributed by atoms with van der Waals surface area (Å²) in [5, 5.41) is 12.4. The number of tetrazole rings is 1. The van der Waals surface area contributed by atoms with E-state index in [9.17, 15) is 0 Å². The van der Waals surface area contributed by atoms with Gasteiger partial charge in [-0.25, -0.2) is 4.68 Å². The average Bonchev–Trinajstić information content (AvgIpc) is 3.10. The molecule has 0 N–H and O–H groups in total. The van der Waals surface area contributed by atoms with Gasteiger partial charge in [-0.2, -0.15) is 0 Å². The molecule has 1 unspecified atom stereocenters. The Kier molecular flexibility index (Phi) is 4.87. The van der Waals surface area contributed by atoms with Gasteiger partial charge in [0.25, 0.3) is 0 Å². The fourth-order valence-corrected chi connectivity index (χ4v) is 3.99. The first-order chi connectivity index (χ1) is 12.6. The van der Waals surface area contributed by atoms with Crippen LogP contribution in [0.4, 0.5) is 0 Å². The second kappa shape index (κ2) is 7.29. The highest BCUT2D eigenvalue weighted by atomic mass is 79.9. The SMILES string of the molecule is CC(C)c1ccc(C2c3nnnn3CCN2Cc2cccc(Br)c2)cc1. The molecule has 0 saturated heterocycles. The molecule has 26 heavy (non-hydrogen) atoms. The first-order valence-electron chi connectivity index (χ1n) is 8.96. The Morgan fingerprint density at radius 2 is 1.92 bits per heavy atom. The van der Waals surface area contributed by atoms with Gasteiger partial charge in [-0.05, 0) is 45.2 Å². The lowest BCUT2D eigenvalue weighted by Crippen LogP contribution is -2.39. The van der Waals surface area contributed by atoms with Gasteiger partial charge in [-0.15, -0.1) is 5.10 Å². The topological polar surface area (TPSA) is 46.8 Å². The quantitative estimate of drug-likeness (QED) is 0.646. The average molecular weight is 412 g/mol. The maximum absolute atomic E-state index is 4.33. The van der Waals surface area contributed by atoms with Gasteiger partial charge in [-0.3, -0.25) is 4.90 Å². The largest absolute Gasteiger partial charge is 0.284 e. The predicted octanol–water partition coefficient (Wildman–Crippen LogP) is 4.16. The van der Waals surface area contributed by atoms with Gasteiger partial charge in [0, 0.05) is 17.6 Å². The van der Waals surface area contributed by atoms with Crippen LogP contribution in [0.15, 0.2) is 53.0 Å². The van der Waals surface area contributed by atoms with Crippen molar-refractivity contribution in [2.75, 3.05) is 6.54 Å². The van der Waals surface area contributed by atoms with E-state index in [2.05, 4.69) is 98.7 Å². The molecule has 0 bridgehead atoms. The number of benzene rings is 2. The van der Waals surface area contributed by atoms with Gasteiger partial charge in [0.1, 0.15) is 0 Å². The van der Waals surface area contributed by atoms with Crippen molar-refractivity contribution in [1.82, 2.24) is 25.1 Å². The highest BCUT2D eigenvalue weighted by Crippen LogP contribution is 2.32. The smallest absolute Gasteiger partial charge is 0.173 e. The molecular formula is C20H22BrN5. The zero-order valence-corrected chi connectivity index (χ0v) is 16.6. The summed E-state index contributed by atoms with van der Waals surface area (Å²) in [5.41, 5.74) is 3.87. The van der Waals surface area contributed by atoms with E-state index < -0.39 is 0 Å². The number of hydrogen-bond donors (Lipinski definition) is 0. The van der Waals surface area contributed by atoms with E-state index in [-0.39, 0.29) is 6.04 Å². The maximum Gasteiger partial charge on any atom is 0.173 e. The van der Waals surface area contributed by atoms with E-state index in [1.165, 1.54) is 16.7 Å². The summed E-state index contributed by atoms with van der Waals surface area (Å²) < 4.78 is 3.04. The number of hydrogen-bond acceptors (Lipinski definition) is 4. The van der Waals surface area contributed by atoms with Gasteiger partial charge < -0.3 is 0 Å². The van der Waals surface area contributed by atoms with Crippen LogP contribution in [0.25, 0.3) is 0 Å². The normalized spacial score (nSPS) is 17.5. The van der Waals surface area contributed by atoms with Crippen molar-refractivity contribution in [3.05, 3.63) is 75.5 Å². The van der Waals surface area contributed by atoms with Crippen molar-refractivity contribution in [3.8, 4) is 0 Å². The lowest BCUT2D eigenvalue weighted by Gasteiger charge is -2.35. The van der Waals surface area contributed by atoms with E-state index in [0.717, 1.165) is 29.9 Å². The molecule has 1 atom stereocenters. The monoisotopic (exact) mass is 411 g/mol. The Bertz CT molecular complexity index is 887. The maximum atomic E-state index is 4.33. The molecule has 1 aromatic heterocycles. The van der Waals surface area contributed by atoms with E-state index in [4.69, 9.17) is 0 Å². The Balaban J connectivity index is 1.69. The summed E-state index contributed by atoms with van der Waals surface area (Å²) in [7, 11) is 0. The standard InChI is InChI=1S/C20H22BrN5/c1-14(2)16-6-8-17(9-7-16)19-20-22-23-24-26(20)11-10-25(19)13-15-4-3-5-18(21)12-15/h3-9,12,14,19H,10-11,13H2,1-2H3. The van der Waals surface area contributed by atoms with Gasteiger partial charge >= 0.3 is 0 Å². The van der Waals surface area contributed by atoms with Crippen molar-refractivity contribution >= 4 is 15.9 Å². The third-order valence-electron chi connectivity index (χ3n) is 4.96. The summed E-state index contributed by atoms with van der Waals surface area (Å²) >= 11 is 3.57. The number of rotatable bonds is 4. The van der Waals surface area contributed by atoms with Crippen LogP contribution in [0.5, 0.6) is 0 Å². The summed E-state index contributed by atoms with van der Waals surface area (Å²) in [6.45, 7) is 7.03. The van der Waals surface area contributed by atoms with Crippen molar-refractivity contribution < 1.29 is 0 Å². The minimum absolute atomic E-state index is 0.0685. The molecule has 0 radical (unpaired) electrons. The molecule has 1 aliphatic rings. The van der Waals surface area contributed by atoms with Crippen LogP contribution in [-0.2, 0) is 13.1 Å². The Labute approximate surface area is 162 Å². The van der Waals surface area contributed by atoms with E-state index in [0.29, 0.717) is 5.92 Å². The molecule has 2 aromatic carbocycles. The van der Waals surface area contributed by atoms with Crippen LogP contribution < -0.4 is 0 Å². The lowest BCUT2D eigenvalue weighted by molar-refractivity contribution is 0.164. The van der Waals surface area contributed by atoms with Gasteiger partial charge in [0.15, 0.2) is 5.82 Å². The molecule has 0 spiro atoms. The van der Waals surface area contributed by atoms with Crippen molar-refractivity contribution in [3.63, 3.8) is 0 Å². The number of halogens is 1. The minimum atomic E-state index is 0.0685. The van der Waals surface area contributed by atoms with Crippen molar-refractivity contribution in [2.45, 2.75) is 38.9 Å². The van der Waals surface area contributed by atoms with Crippen molar-refractivity contribution in [2.24, 2.45) is 0 Å². The Morgan fingerprint density at radius 1 is 1.12 bits per heavy atom. The highest BCUT2D eigenvalue weighted by Gasteiger charge is 2.31. The molecule has 0 amide bonds. The molecule has 5 nitrogen and oxygen atoms in total. The molecule has 0 fully saturated rings. The molecule has 3 aromatic rings. The number of fused-ring (bicyclic) bond motifs is 1. The Hall–Kier alpha value is -2.05. The van der Waals surface area contributed by atoms with Crippen LogP contribution in [0.1, 0.15) is 48.3 Å². The molecule has 6 heteroatoms. The van der Waals surface area contributed by atoms with Gasteiger partial charge in [0.05, 0.1) is 12.6 Å². The lowest BCUT2D eigenvalue weighted by atomic mass is 9.97. The second-order valence-electron chi connectivity index (χ2n) is 7.08. The van der Waals surface area contributed by atoms with Crippen LogP contribution in [0.2, 0.25) is 0 Å².